The van der Waals surface area contributed by atoms with Crippen LogP contribution in [-0.2, 0) is 9.59 Å². The van der Waals surface area contributed by atoms with Crippen LogP contribution >= 0.6 is 0 Å². The fourth-order valence-electron chi connectivity index (χ4n) is 0.838. The summed E-state index contributed by atoms with van der Waals surface area (Å²) in [5, 5.41) is 16.1. The second kappa shape index (κ2) is 4.38. The first-order chi connectivity index (χ1) is 6.59. The molecule has 1 radical (unpaired) electrons. The lowest BCUT2D eigenvalue weighted by atomic mass is 10.2. The van der Waals surface area contributed by atoms with Gasteiger partial charge in [0.2, 0.25) is 0 Å². The number of carbonyl (C=O) groups excluding carboxylic acids is 2. The summed E-state index contributed by atoms with van der Waals surface area (Å²) in [5.74, 6) is -1.67. The van der Waals surface area contributed by atoms with E-state index in [0.29, 0.717) is 0 Å². The van der Waals surface area contributed by atoms with Gasteiger partial charge in [-0.15, -0.1) is 0 Å². The fraction of sp³-hybridized carbons (Fsp3) is 0.286. The van der Waals surface area contributed by atoms with Crippen LogP contribution in [0.5, 0.6) is 0 Å². The number of aliphatic carboxylic acids is 1. The predicted molar refractivity (Wildman–Crippen MR) is 44.3 cm³/mol. The third-order valence-electron chi connectivity index (χ3n) is 1.44. The molecule has 0 fully saturated rings. The number of imide groups is 1. The Balaban J connectivity index is 2.41. The van der Waals surface area contributed by atoms with Crippen molar-refractivity contribution in [2.24, 2.45) is 0 Å². The Morgan fingerprint density at radius 1 is 1.57 bits per heavy atom. The molecule has 0 atom stereocenters. The molecule has 1 rings (SSSR count). The van der Waals surface area contributed by atoms with E-state index < -0.39 is 17.9 Å². The normalized spacial score (nSPS) is 15.6. The largest absolute Gasteiger partial charge is 0.480 e. The molecule has 1 aliphatic heterocycles. The van der Waals surface area contributed by atoms with Gasteiger partial charge in [0, 0.05) is 18.3 Å². The van der Waals surface area contributed by atoms with E-state index in [-0.39, 0.29) is 18.7 Å². The Labute approximate surface area is 79.2 Å². The van der Waals surface area contributed by atoms with Gasteiger partial charge < -0.3 is 15.7 Å². The quantitative estimate of drug-likeness (QED) is 0.504. The van der Waals surface area contributed by atoms with Crippen LogP contribution in [0.15, 0.2) is 11.8 Å². The molecule has 75 valence electrons. The topological polar surface area (TPSA) is 110 Å². The average molecular weight is 198 g/mol. The maximum atomic E-state index is 11.0. The van der Waals surface area contributed by atoms with Gasteiger partial charge in [0.25, 0.3) is 5.91 Å². The van der Waals surface area contributed by atoms with Gasteiger partial charge in [0.05, 0.1) is 6.54 Å². The molecule has 0 aromatic heterocycles. The van der Waals surface area contributed by atoms with Crippen LogP contribution in [0.2, 0.25) is 0 Å². The monoisotopic (exact) mass is 198 g/mol. The van der Waals surface area contributed by atoms with Gasteiger partial charge in [0.15, 0.2) is 0 Å². The summed E-state index contributed by atoms with van der Waals surface area (Å²) in [4.78, 5) is 31.7. The van der Waals surface area contributed by atoms with Crippen LogP contribution < -0.4 is 16.0 Å². The highest BCUT2D eigenvalue weighted by molar-refractivity contribution is 6.06. The summed E-state index contributed by atoms with van der Waals surface area (Å²) in [7, 11) is 0. The van der Waals surface area contributed by atoms with Crippen molar-refractivity contribution in [3.63, 3.8) is 0 Å². The molecular formula is C7H8N3O4. The zero-order valence-corrected chi connectivity index (χ0v) is 7.11. The SMILES string of the molecule is O=C(O)CNCC1=CNC(=O)[N]C1=O. The van der Waals surface area contributed by atoms with Gasteiger partial charge in [-0.05, 0) is 0 Å². The van der Waals surface area contributed by atoms with E-state index in [2.05, 4.69) is 16.0 Å². The number of nitrogens with one attached hydrogen (secondary N) is 2. The lowest BCUT2D eigenvalue weighted by molar-refractivity contribution is -0.136. The maximum Gasteiger partial charge on any atom is 0.348 e. The molecule has 7 nitrogen and oxygen atoms in total. The molecule has 14 heavy (non-hydrogen) atoms. The Morgan fingerprint density at radius 2 is 2.29 bits per heavy atom. The standard InChI is InChI=1S/C7H8N3O4/c11-5(12)3-8-1-4-2-9-7(14)10-6(4)13/h2,8H,1,3H2,(H,9,14)(H,11,12). The van der Waals surface area contributed by atoms with Gasteiger partial charge in [-0.1, -0.05) is 0 Å². The zero-order chi connectivity index (χ0) is 10.6. The highest BCUT2D eigenvalue weighted by Crippen LogP contribution is 1.96. The molecule has 0 bridgehead atoms. The summed E-state index contributed by atoms with van der Waals surface area (Å²) in [5.41, 5.74) is 0.228. The number of nitrogens with zero attached hydrogens (tertiary/aromatic N) is 1. The molecule has 3 amide bonds. The molecule has 0 aromatic rings. The van der Waals surface area contributed by atoms with Crippen LogP contribution in [0, 0.1) is 0 Å². The summed E-state index contributed by atoms with van der Waals surface area (Å²) >= 11 is 0. The van der Waals surface area contributed by atoms with Crippen molar-refractivity contribution >= 4 is 17.9 Å². The predicted octanol–water partition coefficient (Wildman–Crippen LogP) is -1.60. The summed E-state index contributed by atoms with van der Waals surface area (Å²) in [6.07, 6.45) is 1.21. The Bertz CT molecular complexity index is 310. The first kappa shape index (κ1) is 10.2. The van der Waals surface area contributed by atoms with E-state index in [4.69, 9.17) is 5.11 Å². The highest BCUT2D eigenvalue weighted by atomic mass is 16.4. The van der Waals surface area contributed by atoms with Crippen LogP contribution in [0.25, 0.3) is 0 Å². The second-order valence-electron chi connectivity index (χ2n) is 2.53. The number of hydrogen-bond donors (Lipinski definition) is 3. The highest BCUT2D eigenvalue weighted by Gasteiger charge is 2.19. The number of hydrogen-bond acceptors (Lipinski definition) is 4. The van der Waals surface area contributed by atoms with Crippen molar-refractivity contribution in [2.45, 2.75) is 0 Å². The number of rotatable bonds is 4. The van der Waals surface area contributed by atoms with Crippen molar-refractivity contribution in [2.75, 3.05) is 13.1 Å². The van der Waals surface area contributed by atoms with Crippen LogP contribution in [-0.4, -0.2) is 36.1 Å². The molecule has 0 saturated carbocycles. The molecule has 0 aliphatic carbocycles. The van der Waals surface area contributed by atoms with E-state index in [1.54, 1.807) is 0 Å². The van der Waals surface area contributed by atoms with Gasteiger partial charge in [-0.2, -0.15) is 5.32 Å². The maximum absolute atomic E-state index is 11.0. The van der Waals surface area contributed by atoms with Crippen LogP contribution in [0.3, 0.4) is 0 Å². The lowest BCUT2D eigenvalue weighted by Gasteiger charge is -2.11. The van der Waals surface area contributed by atoms with Crippen LogP contribution in [0.1, 0.15) is 0 Å². The van der Waals surface area contributed by atoms with Gasteiger partial charge in [-0.25, -0.2) is 4.79 Å². The van der Waals surface area contributed by atoms with E-state index in [1.807, 2.05) is 0 Å². The Hall–Kier alpha value is -1.89. The van der Waals surface area contributed by atoms with E-state index in [1.165, 1.54) is 6.20 Å². The van der Waals surface area contributed by atoms with Crippen molar-refractivity contribution in [3.8, 4) is 0 Å². The summed E-state index contributed by atoms with van der Waals surface area (Å²) in [6, 6.07) is -0.711. The first-order valence-electron chi connectivity index (χ1n) is 3.77. The smallest absolute Gasteiger partial charge is 0.348 e. The molecular weight excluding hydrogens is 190 g/mol. The second-order valence-corrected chi connectivity index (χ2v) is 2.53. The average Bonchev–Trinajstić information content (AvgIpc) is 2.08. The molecule has 1 heterocycles. The van der Waals surface area contributed by atoms with E-state index >= 15 is 0 Å². The van der Waals surface area contributed by atoms with Gasteiger partial charge in [-0.3, -0.25) is 9.59 Å². The Morgan fingerprint density at radius 3 is 2.86 bits per heavy atom. The van der Waals surface area contributed by atoms with E-state index in [0.717, 1.165) is 0 Å². The number of carboxylic acid groups (broad SMARTS) is 1. The van der Waals surface area contributed by atoms with Crippen molar-refractivity contribution < 1.29 is 19.5 Å². The van der Waals surface area contributed by atoms with Crippen molar-refractivity contribution in [1.82, 2.24) is 16.0 Å². The third-order valence-corrected chi connectivity index (χ3v) is 1.44. The number of urea groups is 1. The number of amides is 3. The van der Waals surface area contributed by atoms with Crippen molar-refractivity contribution in [1.29, 1.82) is 0 Å². The molecule has 0 aromatic carbocycles. The summed E-state index contributed by atoms with van der Waals surface area (Å²) in [6.45, 7) is -0.187. The van der Waals surface area contributed by atoms with Crippen molar-refractivity contribution in [3.05, 3.63) is 11.8 Å². The number of carbonyl (C=O) groups is 3. The lowest BCUT2D eigenvalue weighted by Crippen LogP contribution is -2.40. The molecule has 3 N–H and O–H groups in total. The van der Waals surface area contributed by atoms with Gasteiger partial charge >= 0.3 is 12.0 Å². The van der Waals surface area contributed by atoms with Gasteiger partial charge in [0.1, 0.15) is 0 Å². The molecule has 0 saturated heterocycles. The minimum Gasteiger partial charge on any atom is -0.480 e. The summed E-state index contributed by atoms with van der Waals surface area (Å²) < 4.78 is 0. The third kappa shape index (κ3) is 2.87. The first-order valence-corrected chi connectivity index (χ1v) is 3.77. The molecule has 0 unspecified atom stereocenters. The van der Waals surface area contributed by atoms with E-state index in [9.17, 15) is 14.4 Å². The zero-order valence-electron chi connectivity index (χ0n) is 7.11. The minimum atomic E-state index is -1.02. The minimum absolute atomic E-state index is 0.0644. The fourth-order valence-corrected chi connectivity index (χ4v) is 0.838. The Kier molecular flexibility index (Phi) is 3.19. The molecule has 0 spiro atoms. The number of carboxylic acids is 1. The molecule has 7 heteroatoms. The van der Waals surface area contributed by atoms with Crippen LogP contribution in [0.4, 0.5) is 4.79 Å². The molecule has 1 aliphatic rings.